The Labute approximate surface area is 176 Å². The number of benzene rings is 1. The summed E-state index contributed by atoms with van der Waals surface area (Å²) in [6.07, 6.45) is 7.28. The van der Waals surface area contributed by atoms with Crippen molar-refractivity contribution in [3.8, 4) is 5.88 Å². The maximum atomic E-state index is 12.9. The number of carbonyl (C=O) groups excluding carboxylic acids is 1. The van der Waals surface area contributed by atoms with Crippen LogP contribution in [-0.4, -0.2) is 71.0 Å². The molecule has 0 spiro atoms. The van der Waals surface area contributed by atoms with E-state index < -0.39 is 0 Å². The molecular formula is C23H27N3O2S. The van der Waals surface area contributed by atoms with E-state index in [1.165, 1.54) is 5.56 Å². The fourth-order valence-corrected chi connectivity index (χ4v) is 4.70. The van der Waals surface area contributed by atoms with Crippen LogP contribution >= 0.6 is 11.8 Å². The molecule has 5 nitrogen and oxygen atoms in total. The summed E-state index contributed by atoms with van der Waals surface area (Å²) in [7, 11) is 0. The highest BCUT2D eigenvalue weighted by atomic mass is 32.2. The van der Waals surface area contributed by atoms with Crippen molar-refractivity contribution in [1.29, 1.82) is 0 Å². The van der Waals surface area contributed by atoms with Crippen molar-refractivity contribution >= 4 is 23.7 Å². The fraction of sp³-hybridized carbons (Fsp3) is 0.391. The van der Waals surface area contributed by atoms with Crippen LogP contribution in [0.15, 0.2) is 54.7 Å². The van der Waals surface area contributed by atoms with E-state index in [4.69, 9.17) is 4.74 Å². The molecule has 1 aromatic heterocycles. The molecule has 0 radical (unpaired) electrons. The van der Waals surface area contributed by atoms with Crippen LogP contribution in [-0.2, 0) is 0 Å². The molecule has 152 valence electrons. The van der Waals surface area contributed by atoms with Crippen molar-refractivity contribution in [3.05, 3.63) is 65.9 Å². The van der Waals surface area contributed by atoms with Crippen molar-refractivity contribution in [2.24, 2.45) is 0 Å². The van der Waals surface area contributed by atoms with Crippen LogP contribution in [0.3, 0.4) is 0 Å². The number of amides is 1. The van der Waals surface area contributed by atoms with Gasteiger partial charge in [-0.25, -0.2) is 4.98 Å². The molecule has 0 aliphatic carbocycles. The van der Waals surface area contributed by atoms with Gasteiger partial charge >= 0.3 is 0 Å². The average molecular weight is 410 g/mol. The number of carbonyl (C=O) groups is 1. The Bertz CT molecular complexity index is 829. The smallest absolute Gasteiger partial charge is 0.254 e. The molecule has 2 saturated heterocycles. The van der Waals surface area contributed by atoms with Gasteiger partial charge in [-0.05, 0) is 23.8 Å². The molecule has 6 heteroatoms. The van der Waals surface area contributed by atoms with Gasteiger partial charge in [-0.1, -0.05) is 42.5 Å². The third kappa shape index (κ3) is 5.61. The Morgan fingerprint density at radius 3 is 2.76 bits per heavy atom. The zero-order chi connectivity index (χ0) is 19.9. The minimum atomic E-state index is 0.0672. The molecule has 1 aromatic carbocycles. The number of thioether (sulfide) groups is 1. The number of piperazine rings is 1. The molecule has 0 saturated carbocycles. The van der Waals surface area contributed by atoms with Crippen molar-refractivity contribution in [2.45, 2.75) is 12.5 Å². The highest BCUT2D eigenvalue weighted by Gasteiger charge is 2.23. The minimum absolute atomic E-state index is 0.0672. The van der Waals surface area contributed by atoms with Gasteiger partial charge in [0.1, 0.15) is 6.10 Å². The van der Waals surface area contributed by atoms with E-state index >= 15 is 0 Å². The Hall–Kier alpha value is -2.31. The van der Waals surface area contributed by atoms with E-state index in [0.717, 1.165) is 50.7 Å². The maximum absolute atomic E-state index is 12.9. The van der Waals surface area contributed by atoms with Gasteiger partial charge < -0.3 is 9.64 Å². The number of pyridine rings is 1. The van der Waals surface area contributed by atoms with E-state index in [1.807, 2.05) is 34.9 Å². The predicted molar refractivity (Wildman–Crippen MR) is 118 cm³/mol. The summed E-state index contributed by atoms with van der Waals surface area (Å²) < 4.78 is 5.93. The highest BCUT2D eigenvalue weighted by Crippen LogP contribution is 2.22. The lowest BCUT2D eigenvalue weighted by molar-refractivity contribution is 0.0649. The van der Waals surface area contributed by atoms with Crippen molar-refractivity contribution < 1.29 is 9.53 Å². The van der Waals surface area contributed by atoms with E-state index in [-0.39, 0.29) is 12.0 Å². The Balaban J connectivity index is 1.27. The normalized spacial score (nSPS) is 20.3. The lowest BCUT2D eigenvalue weighted by Gasteiger charge is -2.34. The lowest BCUT2D eigenvalue weighted by Crippen LogP contribution is -2.48. The van der Waals surface area contributed by atoms with E-state index in [2.05, 4.69) is 34.2 Å². The topological polar surface area (TPSA) is 45.7 Å². The summed E-state index contributed by atoms with van der Waals surface area (Å²) in [6.45, 7) is 4.17. The molecule has 4 rings (SSSR count). The van der Waals surface area contributed by atoms with Gasteiger partial charge in [-0.2, -0.15) is 11.8 Å². The molecule has 0 bridgehead atoms. The zero-order valence-corrected chi connectivity index (χ0v) is 17.4. The molecule has 1 unspecified atom stereocenters. The van der Waals surface area contributed by atoms with E-state index in [9.17, 15) is 4.79 Å². The van der Waals surface area contributed by atoms with Crippen molar-refractivity contribution in [1.82, 2.24) is 14.8 Å². The largest absolute Gasteiger partial charge is 0.473 e. The molecule has 29 heavy (non-hydrogen) atoms. The van der Waals surface area contributed by atoms with Crippen LogP contribution in [0, 0.1) is 0 Å². The number of rotatable bonds is 6. The second-order valence-corrected chi connectivity index (χ2v) is 8.54. The SMILES string of the molecule is O=C(c1ccnc(OC2CCSC2)c1)N1CCN(C/C=C/c2ccccc2)CC1. The van der Waals surface area contributed by atoms with Gasteiger partial charge in [-0.3, -0.25) is 9.69 Å². The number of nitrogens with zero attached hydrogens (tertiary/aromatic N) is 3. The number of aromatic nitrogens is 1. The first-order chi connectivity index (χ1) is 14.3. The van der Waals surface area contributed by atoms with Crippen molar-refractivity contribution in [3.63, 3.8) is 0 Å². The standard InChI is InChI=1S/C23H27N3O2S/c27-23(20-8-10-24-22(17-20)28-21-9-16-29-18-21)26-14-12-25(13-15-26)11-4-7-19-5-2-1-3-6-19/h1-8,10,17,21H,9,11-16,18H2/b7-4+. The lowest BCUT2D eigenvalue weighted by atomic mass is 10.2. The van der Waals surface area contributed by atoms with Gasteiger partial charge in [-0.15, -0.1) is 0 Å². The van der Waals surface area contributed by atoms with Gasteiger partial charge in [0.15, 0.2) is 0 Å². The first kappa shape index (κ1) is 20.0. The second kappa shape index (κ2) is 9.94. The van der Waals surface area contributed by atoms with Gasteiger partial charge in [0.05, 0.1) is 0 Å². The second-order valence-electron chi connectivity index (χ2n) is 7.39. The molecule has 2 aromatic rings. The summed E-state index contributed by atoms with van der Waals surface area (Å²) >= 11 is 1.90. The Morgan fingerprint density at radius 1 is 1.17 bits per heavy atom. The molecule has 1 amide bonds. The van der Waals surface area contributed by atoms with Gasteiger partial charge in [0, 0.05) is 56.3 Å². The Morgan fingerprint density at radius 2 is 2.00 bits per heavy atom. The quantitative estimate of drug-likeness (QED) is 0.731. The van der Waals surface area contributed by atoms with Crippen LogP contribution in [0.2, 0.25) is 0 Å². The average Bonchev–Trinajstić information content (AvgIpc) is 3.28. The fourth-order valence-electron chi connectivity index (χ4n) is 3.60. The molecule has 0 N–H and O–H groups in total. The monoisotopic (exact) mass is 409 g/mol. The molecule has 2 aliphatic rings. The summed E-state index contributed by atoms with van der Waals surface area (Å²) in [5.74, 6) is 2.76. The third-order valence-electron chi connectivity index (χ3n) is 5.29. The summed E-state index contributed by atoms with van der Waals surface area (Å²) in [4.78, 5) is 21.5. The first-order valence-corrected chi connectivity index (χ1v) is 11.4. The van der Waals surface area contributed by atoms with Crippen LogP contribution in [0.4, 0.5) is 0 Å². The minimum Gasteiger partial charge on any atom is -0.473 e. The van der Waals surface area contributed by atoms with Crippen LogP contribution in [0.5, 0.6) is 5.88 Å². The molecule has 2 fully saturated rings. The molecular weight excluding hydrogens is 382 g/mol. The van der Waals surface area contributed by atoms with Gasteiger partial charge in [0.2, 0.25) is 5.88 Å². The molecule has 1 atom stereocenters. The van der Waals surface area contributed by atoms with Gasteiger partial charge in [0.25, 0.3) is 5.91 Å². The van der Waals surface area contributed by atoms with E-state index in [1.54, 1.807) is 18.3 Å². The molecule has 3 heterocycles. The number of ether oxygens (including phenoxy) is 1. The summed E-state index contributed by atoms with van der Waals surface area (Å²) in [6, 6.07) is 13.9. The number of hydrogen-bond acceptors (Lipinski definition) is 5. The predicted octanol–water partition coefficient (Wildman–Crippen LogP) is 3.44. The van der Waals surface area contributed by atoms with Crippen LogP contribution in [0.1, 0.15) is 22.3 Å². The Kier molecular flexibility index (Phi) is 6.85. The molecule has 2 aliphatic heterocycles. The van der Waals surface area contributed by atoms with E-state index in [0.29, 0.717) is 11.4 Å². The van der Waals surface area contributed by atoms with Crippen LogP contribution in [0.25, 0.3) is 6.08 Å². The van der Waals surface area contributed by atoms with Crippen LogP contribution < -0.4 is 4.74 Å². The number of hydrogen-bond donors (Lipinski definition) is 0. The summed E-state index contributed by atoms with van der Waals surface area (Å²) in [5.41, 5.74) is 1.88. The highest BCUT2D eigenvalue weighted by molar-refractivity contribution is 7.99. The first-order valence-electron chi connectivity index (χ1n) is 10.2. The zero-order valence-electron chi connectivity index (χ0n) is 16.6. The maximum Gasteiger partial charge on any atom is 0.254 e. The third-order valence-corrected chi connectivity index (χ3v) is 6.42. The van der Waals surface area contributed by atoms with Crippen molar-refractivity contribution in [2.75, 3.05) is 44.2 Å². The summed E-state index contributed by atoms with van der Waals surface area (Å²) in [5, 5.41) is 0.